The van der Waals surface area contributed by atoms with Crippen molar-refractivity contribution < 1.29 is 4.79 Å². The fourth-order valence-corrected chi connectivity index (χ4v) is 3.01. The first-order valence-electron chi connectivity index (χ1n) is 5.96. The molecule has 2 rings (SSSR count). The zero-order valence-electron chi connectivity index (χ0n) is 10.1. The minimum Gasteiger partial charge on any atom is -0.302 e. The van der Waals surface area contributed by atoms with Crippen molar-refractivity contribution >= 4 is 17.2 Å². The molecule has 1 fully saturated rings. The van der Waals surface area contributed by atoms with Gasteiger partial charge in [-0.05, 0) is 42.8 Å². The second-order valence-corrected chi connectivity index (χ2v) is 5.66. The van der Waals surface area contributed by atoms with Gasteiger partial charge >= 0.3 is 0 Å². The van der Waals surface area contributed by atoms with Crippen LogP contribution in [0, 0.1) is 5.92 Å². The summed E-state index contributed by atoms with van der Waals surface area (Å²) in [6.45, 7) is 1.95. The Morgan fingerprint density at radius 3 is 3.00 bits per heavy atom. The van der Waals surface area contributed by atoms with Crippen molar-refractivity contribution in [3.05, 3.63) is 21.9 Å². The van der Waals surface area contributed by atoms with E-state index in [-0.39, 0.29) is 5.91 Å². The van der Waals surface area contributed by atoms with Crippen LogP contribution in [-0.2, 0) is 6.54 Å². The lowest BCUT2D eigenvalue weighted by Gasteiger charge is -2.30. The van der Waals surface area contributed by atoms with Crippen LogP contribution in [0.1, 0.15) is 34.5 Å². The molecule has 17 heavy (non-hydrogen) atoms. The Morgan fingerprint density at radius 2 is 2.41 bits per heavy atom. The summed E-state index contributed by atoms with van der Waals surface area (Å²) in [5.74, 6) is 5.83. The molecule has 0 unspecified atom stereocenters. The Bertz CT molecular complexity index is 387. The van der Waals surface area contributed by atoms with Crippen LogP contribution in [0.15, 0.2) is 11.4 Å². The molecule has 0 aliphatic heterocycles. The van der Waals surface area contributed by atoms with E-state index in [2.05, 4.69) is 17.4 Å². The Labute approximate surface area is 106 Å². The molecule has 1 aromatic heterocycles. The van der Waals surface area contributed by atoms with E-state index in [1.54, 1.807) is 0 Å². The summed E-state index contributed by atoms with van der Waals surface area (Å²) in [5.41, 5.74) is 3.27. The molecule has 0 aromatic carbocycles. The highest BCUT2D eigenvalue weighted by molar-refractivity contribution is 7.12. The predicted octanol–water partition coefficient (Wildman–Crippen LogP) is 1.58. The molecule has 0 bridgehead atoms. The van der Waals surface area contributed by atoms with Crippen LogP contribution in [0.4, 0.5) is 0 Å². The number of amides is 1. The van der Waals surface area contributed by atoms with Gasteiger partial charge in [0.2, 0.25) is 0 Å². The molecular weight excluding hydrogens is 234 g/mol. The zero-order valence-corrected chi connectivity index (χ0v) is 10.9. The first kappa shape index (κ1) is 12.5. The van der Waals surface area contributed by atoms with Gasteiger partial charge < -0.3 is 4.90 Å². The fraction of sp³-hybridized carbons (Fsp3) is 0.583. The average Bonchev–Trinajstić information content (AvgIpc) is 2.70. The van der Waals surface area contributed by atoms with Crippen LogP contribution in [-0.4, -0.2) is 24.4 Å². The lowest BCUT2D eigenvalue weighted by atomic mass is 9.85. The van der Waals surface area contributed by atoms with E-state index >= 15 is 0 Å². The van der Waals surface area contributed by atoms with Crippen LogP contribution in [0.2, 0.25) is 0 Å². The van der Waals surface area contributed by atoms with E-state index in [4.69, 9.17) is 5.84 Å². The number of nitrogens with one attached hydrogen (secondary N) is 1. The Morgan fingerprint density at radius 1 is 1.65 bits per heavy atom. The van der Waals surface area contributed by atoms with E-state index in [0.29, 0.717) is 0 Å². The molecule has 94 valence electrons. The molecule has 4 nitrogen and oxygen atoms in total. The maximum absolute atomic E-state index is 11.5. The molecule has 1 aliphatic rings. The predicted molar refractivity (Wildman–Crippen MR) is 69.6 cm³/mol. The normalized spacial score (nSPS) is 15.9. The van der Waals surface area contributed by atoms with Crippen molar-refractivity contribution in [1.29, 1.82) is 0 Å². The second-order valence-electron chi connectivity index (χ2n) is 4.74. The minimum atomic E-state index is -0.188. The van der Waals surface area contributed by atoms with Crippen molar-refractivity contribution in [3.63, 3.8) is 0 Å². The van der Waals surface area contributed by atoms with Gasteiger partial charge in [0, 0.05) is 13.1 Å². The van der Waals surface area contributed by atoms with E-state index in [0.717, 1.165) is 29.4 Å². The van der Waals surface area contributed by atoms with Crippen LogP contribution < -0.4 is 11.3 Å². The molecule has 0 atom stereocenters. The van der Waals surface area contributed by atoms with E-state index < -0.39 is 0 Å². The average molecular weight is 253 g/mol. The van der Waals surface area contributed by atoms with Gasteiger partial charge in [-0.3, -0.25) is 10.2 Å². The molecule has 1 aromatic rings. The van der Waals surface area contributed by atoms with Gasteiger partial charge in [-0.2, -0.15) is 0 Å². The molecule has 0 radical (unpaired) electrons. The molecular formula is C12H19N3OS. The monoisotopic (exact) mass is 253 g/mol. The van der Waals surface area contributed by atoms with Crippen molar-refractivity contribution in [3.8, 4) is 0 Å². The molecule has 0 saturated heterocycles. The Hall–Kier alpha value is -0.910. The van der Waals surface area contributed by atoms with Gasteiger partial charge in [0.05, 0.1) is 4.88 Å². The summed E-state index contributed by atoms with van der Waals surface area (Å²) in [7, 11) is 2.11. The third kappa shape index (κ3) is 3.06. The summed E-state index contributed by atoms with van der Waals surface area (Å²) >= 11 is 1.44. The molecule has 5 heteroatoms. The number of hydrazine groups is 1. The SMILES string of the molecule is CN(Cc1ccsc1C(=O)NN)CC1CCC1. The minimum absolute atomic E-state index is 0.188. The van der Waals surface area contributed by atoms with Gasteiger partial charge in [0.15, 0.2) is 0 Å². The maximum atomic E-state index is 11.5. The Kier molecular flexibility index (Phi) is 4.15. The molecule has 1 saturated carbocycles. The summed E-state index contributed by atoms with van der Waals surface area (Å²) in [6.07, 6.45) is 4.08. The molecule has 1 aliphatic carbocycles. The first-order valence-corrected chi connectivity index (χ1v) is 6.84. The van der Waals surface area contributed by atoms with Gasteiger partial charge in [0.25, 0.3) is 5.91 Å². The summed E-state index contributed by atoms with van der Waals surface area (Å²) in [5, 5.41) is 1.94. The van der Waals surface area contributed by atoms with Crippen LogP contribution in [0.3, 0.4) is 0 Å². The molecule has 1 amide bonds. The smallest absolute Gasteiger partial charge is 0.275 e. The van der Waals surface area contributed by atoms with Crippen molar-refractivity contribution in [2.24, 2.45) is 11.8 Å². The number of rotatable bonds is 5. The van der Waals surface area contributed by atoms with E-state index in [9.17, 15) is 4.79 Å². The van der Waals surface area contributed by atoms with Crippen LogP contribution in [0.5, 0.6) is 0 Å². The quantitative estimate of drug-likeness (QED) is 0.476. The third-order valence-electron chi connectivity index (χ3n) is 3.32. The second kappa shape index (κ2) is 5.62. The first-order chi connectivity index (χ1) is 8.20. The van der Waals surface area contributed by atoms with Crippen molar-refractivity contribution in [2.45, 2.75) is 25.8 Å². The number of thiophene rings is 1. The number of carbonyl (C=O) groups is 1. The van der Waals surface area contributed by atoms with Crippen LogP contribution >= 0.6 is 11.3 Å². The number of hydrogen-bond acceptors (Lipinski definition) is 4. The largest absolute Gasteiger partial charge is 0.302 e. The highest BCUT2D eigenvalue weighted by atomic mass is 32.1. The maximum Gasteiger partial charge on any atom is 0.275 e. The molecule has 0 spiro atoms. The number of hydrogen-bond donors (Lipinski definition) is 2. The van der Waals surface area contributed by atoms with Gasteiger partial charge in [0.1, 0.15) is 0 Å². The van der Waals surface area contributed by atoms with E-state index in [1.165, 1.54) is 30.6 Å². The standard InChI is InChI=1S/C12H19N3OS/c1-15(7-9-3-2-4-9)8-10-5-6-17-11(10)12(16)14-13/h5-6,9H,2-4,7-8,13H2,1H3,(H,14,16). The van der Waals surface area contributed by atoms with Crippen molar-refractivity contribution in [1.82, 2.24) is 10.3 Å². The number of nitrogens with zero attached hydrogens (tertiary/aromatic N) is 1. The summed E-state index contributed by atoms with van der Waals surface area (Å²) < 4.78 is 0. The highest BCUT2D eigenvalue weighted by Gasteiger charge is 2.20. The Balaban J connectivity index is 1.92. The van der Waals surface area contributed by atoms with Gasteiger partial charge in [-0.15, -0.1) is 11.3 Å². The number of nitrogens with two attached hydrogens (primary N) is 1. The zero-order chi connectivity index (χ0) is 12.3. The number of nitrogen functional groups attached to an aromatic ring is 1. The van der Waals surface area contributed by atoms with E-state index in [1.807, 2.05) is 11.4 Å². The highest BCUT2D eigenvalue weighted by Crippen LogP contribution is 2.27. The fourth-order valence-electron chi connectivity index (χ4n) is 2.20. The third-order valence-corrected chi connectivity index (χ3v) is 4.27. The topological polar surface area (TPSA) is 58.4 Å². The number of carbonyl (C=O) groups excluding carboxylic acids is 1. The molecule has 1 heterocycles. The van der Waals surface area contributed by atoms with Gasteiger partial charge in [-0.1, -0.05) is 6.42 Å². The van der Waals surface area contributed by atoms with Crippen molar-refractivity contribution in [2.75, 3.05) is 13.6 Å². The summed E-state index contributed by atoms with van der Waals surface area (Å²) in [4.78, 5) is 14.5. The molecule has 3 N–H and O–H groups in total. The summed E-state index contributed by atoms with van der Waals surface area (Å²) in [6, 6.07) is 2.01. The van der Waals surface area contributed by atoms with Gasteiger partial charge in [-0.25, -0.2) is 5.84 Å². The lowest BCUT2D eigenvalue weighted by Crippen LogP contribution is -2.32. The van der Waals surface area contributed by atoms with Crippen LogP contribution in [0.25, 0.3) is 0 Å². The lowest BCUT2D eigenvalue weighted by molar-refractivity contribution is 0.0955.